The van der Waals surface area contributed by atoms with Gasteiger partial charge < -0.3 is 20.3 Å². The van der Waals surface area contributed by atoms with Gasteiger partial charge in [-0.3, -0.25) is 9.78 Å². The number of aliphatic hydroxyl groups excluding tert-OH is 2. The summed E-state index contributed by atoms with van der Waals surface area (Å²) in [5.41, 5.74) is 1.21. The fraction of sp³-hybridized carbons (Fsp3) is 0.500. The lowest BCUT2D eigenvalue weighted by molar-refractivity contribution is -0.102. The molecule has 18 heavy (non-hydrogen) atoms. The Bertz CT molecular complexity index is 438. The van der Waals surface area contributed by atoms with Crippen LogP contribution in [0.25, 0.3) is 0 Å². The molecule has 0 saturated carbocycles. The van der Waals surface area contributed by atoms with Crippen molar-refractivity contribution in [2.45, 2.75) is 25.2 Å². The quantitative estimate of drug-likeness (QED) is 0.643. The van der Waals surface area contributed by atoms with Gasteiger partial charge in [0, 0.05) is 17.5 Å². The average molecular weight is 252 g/mol. The Morgan fingerprint density at radius 1 is 1.50 bits per heavy atom. The first-order valence-corrected chi connectivity index (χ1v) is 5.75. The van der Waals surface area contributed by atoms with Crippen molar-refractivity contribution in [3.05, 3.63) is 29.6 Å². The third kappa shape index (κ3) is 2.84. The summed E-state index contributed by atoms with van der Waals surface area (Å²) >= 11 is 0. The Kier molecular flexibility index (Phi) is 3.90. The molecule has 1 amide bonds. The fourth-order valence-electron chi connectivity index (χ4n) is 1.85. The molecule has 0 aliphatic carbocycles. The number of ether oxygens (including phenoxy) is 1. The first-order valence-electron chi connectivity index (χ1n) is 5.75. The standard InChI is InChI=1S/C12H16N2O4/c1-7-4-8(2-3-13-7)12(17)14-9-5-18-6-10(15)11(9)16/h2-4,9-11,15-16H,5-6H2,1H3,(H,14,17)/t9-,10-,11+/m1/s1. The van der Waals surface area contributed by atoms with Gasteiger partial charge in [0.2, 0.25) is 0 Å². The summed E-state index contributed by atoms with van der Waals surface area (Å²) in [6.45, 7) is 2.06. The Morgan fingerprint density at radius 2 is 2.28 bits per heavy atom. The SMILES string of the molecule is Cc1cc(C(=O)N[C@@H]2COC[C@@H](O)[C@H]2O)ccn1. The van der Waals surface area contributed by atoms with Gasteiger partial charge in [0.25, 0.3) is 5.91 Å². The van der Waals surface area contributed by atoms with Crippen LogP contribution in [-0.2, 0) is 4.74 Å². The molecule has 3 atom stereocenters. The van der Waals surface area contributed by atoms with Crippen molar-refractivity contribution < 1.29 is 19.7 Å². The second kappa shape index (κ2) is 5.43. The third-order valence-electron chi connectivity index (χ3n) is 2.87. The summed E-state index contributed by atoms with van der Waals surface area (Å²) in [4.78, 5) is 15.9. The monoisotopic (exact) mass is 252 g/mol. The van der Waals surface area contributed by atoms with E-state index in [1.807, 2.05) is 0 Å². The number of aliphatic hydroxyl groups is 2. The lowest BCUT2D eigenvalue weighted by Gasteiger charge is -2.32. The molecule has 98 valence electrons. The number of hydrogen-bond donors (Lipinski definition) is 3. The van der Waals surface area contributed by atoms with E-state index in [-0.39, 0.29) is 19.1 Å². The Balaban J connectivity index is 2.03. The first kappa shape index (κ1) is 12.9. The van der Waals surface area contributed by atoms with Crippen LogP contribution in [0.15, 0.2) is 18.3 Å². The van der Waals surface area contributed by atoms with Crippen LogP contribution < -0.4 is 5.32 Å². The Labute approximate surface area is 105 Å². The molecule has 1 aliphatic heterocycles. The largest absolute Gasteiger partial charge is 0.388 e. The van der Waals surface area contributed by atoms with E-state index in [4.69, 9.17) is 4.74 Å². The van der Waals surface area contributed by atoms with E-state index in [2.05, 4.69) is 10.3 Å². The number of hydrogen-bond acceptors (Lipinski definition) is 5. The molecule has 1 aromatic heterocycles. The molecule has 1 fully saturated rings. The van der Waals surface area contributed by atoms with Crippen molar-refractivity contribution in [3.8, 4) is 0 Å². The maximum atomic E-state index is 11.9. The fourth-order valence-corrected chi connectivity index (χ4v) is 1.85. The molecule has 1 aromatic rings. The van der Waals surface area contributed by atoms with Crippen molar-refractivity contribution in [1.82, 2.24) is 10.3 Å². The third-order valence-corrected chi connectivity index (χ3v) is 2.87. The van der Waals surface area contributed by atoms with E-state index in [0.717, 1.165) is 5.69 Å². The molecule has 2 heterocycles. The lowest BCUT2D eigenvalue weighted by Crippen LogP contribution is -2.55. The topological polar surface area (TPSA) is 91.7 Å². The molecule has 0 aromatic carbocycles. The zero-order valence-corrected chi connectivity index (χ0v) is 10.0. The molecular formula is C12H16N2O4. The van der Waals surface area contributed by atoms with Crippen LogP contribution >= 0.6 is 0 Å². The summed E-state index contributed by atoms with van der Waals surface area (Å²) in [7, 11) is 0. The van der Waals surface area contributed by atoms with Gasteiger partial charge in [-0.25, -0.2) is 0 Å². The minimum Gasteiger partial charge on any atom is -0.388 e. The van der Waals surface area contributed by atoms with Gasteiger partial charge in [0.15, 0.2) is 0 Å². The normalized spacial score (nSPS) is 27.8. The summed E-state index contributed by atoms with van der Waals surface area (Å²) in [6.07, 6.45) is -0.429. The van der Waals surface area contributed by atoms with Crippen LogP contribution in [0.2, 0.25) is 0 Å². The van der Waals surface area contributed by atoms with E-state index in [0.29, 0.717) is 5.56 Å². The lowest BCUT2D eigenvalue weighted by atomic mass is 10.0. The molecule has 0 unspecified atom stereocenters. The number of rotatable bonds is 2. The number of carbonyl (C=O) groups excluding carboxylic acids is 1. The number of nitrogens with zero attached hydrogens (tertiary/aromatic N) is 1. The highest BCUT2D eigenvalue weighted by Gasteiger charge is 2.32. The van der Waals surface area contributed by atoms with Gasteiger partial charge in [-0.1, -0.05) is 0 Å². The van der Waals surface area contributed by atoms with E-state index < -0.39 is 18.2 Å². The van der Waals surface area contributed by atoms with Gasteiger partial charge in [-0.15, -0.1) is 0 Å². The second-order valence-electron chi connectivity index (χ2n) is 4.36. The molecule has 0 spiro atoms. The molecule has 3 N–H and O–H groups in total. The van der Waals surface area contributed by atoms with E-state index in [1.54, 1.807) is 25.3 Å². The molecular weight excluding hydrogens is 236 g/mol. The zero-order valence-electron chi connectivity index (χ0n) is 10.0. The number of aryl methyl sites for hydroxylation is 1. The molecule has 0 radical (unpaired) electrons. The average Bonchev–Trinajstić information content (AvgIpc) is 2.35. The van der Waals surface area contributed by atoms with Gasteiger partial charge in [0.1, 0.15) is 12.2 Å². The predicted molar refractivity (Wildman–Crippen MR) is 63.1 cm³/mol. The number of carbonyl (C=O) groups is 1. The smallest absolute Gasteiger partial charge is 0.251 e. The van der Waals surface area contributed by atoms with Crippen molar-refractivity contribution in [3.63, 3.8) is 0 Å². The molecule has 1 aliphatic rings. The van der Waals surface area contributed by atoms with Gasteiger partial charge in [0.05, 0.1) is 19.3 Å². The number of aromatic nitrogens is 1. The van der Waals surface area contributed by atoms with Gasteiger partial charge >= 0.3 is 0 Å². The van der Waals surface area contributed by atoms with Crippen molar-refractivity contribution >= 4 is 5.91 Å². The van der Waals surface area contributed by atoms with Crippen LogP contribution in [0.1, 0.15) is 16.1 Å². The highest BCUT2D eigenvalue weighted by atomic mass is 16.5. The van der Waals surface area contributed by atoms with E-state index >= 15 is 0 Å². The zero-order chi connectivity index (χ0) is 13.1. The first-order chi connectivity index (χ1) is 8.58. The van der Waals surface area contributed by atoms with Crippen molar-refractivity contribution in [1.29, 1.82) is 0 Å². The Morgan fingerprint density at radius 3 is 3.00 bits per heavy atom. The van der Waals surface area contributed by atoms with Gasteiger partial charge in [-0.05, 0) is 19.1 Å². The minimum atomic E-state index is -1.01. The number of nitrogens with one attached hydrogen (secondary N) is 1. The van der Waals surface area contributed by atoms with Crippen LogP contribution in [-0.4, -0.2) is 52.6 Å². The van der Waals surface area contributed by atoms with Crippen LogP contribution in [0.5, 0.6) is 0 Å². The summed E-state index contributed by atoms with van der Waals surface area (Å²) < 4.78 is 5.09. The van der Waals surface area contributed by atoms with Crippen LogP contribution in [0.4, 0.5) is 0 Å². The number of amides is 1. The second-order valence-corrected chi connectivity index (χ2v) is 4.36. The van der Waals surface area contributed by atoms with Crippen LogP contribution in [0, 0.1) is 6.92 Å². The highest BCUT2D eigenvalue weighted by Crippen LogP contribution is 2.10. The predicted octanol–water partition coefficient (Wildman–Crippen LogP) is -0.760. The molecule has 2 rings (SSSR count). The molecule has 6 nitrogen and oxygen atoms in total. The molecule has 6 heteroatoms. The van der Waals surface area contributed by atoms with E-state index in [1.165, 1.54) is 0 Å². The summed E-state index contributed by atoms with van der Waals surface area (Å²) in [6, 6.07) is 2.64. The maximum Gasteiger partial charge on any atom is 0.251 e. The van der Waals surface area contributed by atoms with Gasteiger partial charge in [-0.2, -0.15) is 0 Å². The molecule has 1 saturated heterocycles. The highest BCUT2D eigenvalue weighted by molar-refractivity contribution is 5.94. The number of pyridine rings is 1. The molecule has 0 bridgehead atoms. The van der Waals surface area contributed by atoms with Crippen LogP contribution in [0.3, 0.4) is 0 Å². The summed E-state index contributed by atoms with van der Waals surface area (Å²) in [5, 5.41) is 21.8. The van der Waals surface area contributed by atoms with Crippen molar-refractivity contribution in [2.75, 3.05) is 13.2 Å². The summed E-state index contributed by atoms with van der Waals surface area (Å²) in [5.74, 6) is -0.317. The Hall–Kier alpha value is -1.50. The van der Waals surface area contributed by atoms with E-state index in [9.17, 15) is 15.0 Å². The minimum absolute atomic E-state index is 0.0852. The van der Waals surface area contributed by atoms with Crippen molar-refractivity contribution in [2.24, 2.45) is 0 Å². The maximum absolute atomic E-state index is 11.9.